The smallest absolute Gasteiger partial charge is 0.271 e. The lowest BCUT2D eigenvalue weighted by molar-refractivity contribution is 0.0846. The number of hydrazine groups is 1. The van der Waals surface area contributed by atoms with Crippen LogP contribution in [-0.2, 0) is 0 Å². The van der Waals surface area contributed by atoms with E-state index < -0.39 is 11.8 Å². The van der Waals surface area contributed by atoms with Crippen LogP contribution in [0, 0.1) is 5.92 Å². The Morgan fingerprint density at radius 1 is 1.07 bits per heavy atom. The van der Waals surface area contributed by atoms with Gasteiger partial charge in [-0.3, -0.25) is 20.4 Å². The Hall–Kier alpha value is -2.25. The maximum absolute atomic E-state index is 12.4. The van der Waals surface area contributed by atoms with Gasteiger partial charge in [-0.15, -0.1) is 0 Å². The van der Waals surface area contributed by atoms with Crippen LogP contribution < -0.4 is 20.3 Å². The molecule has 0 aliphatic rings. The molecule has 0 aliphatic carbocycles. The van der Waals surface area contributed by atoms with Gasteiger partial charge in [-0.2, -0.15) is 0 Å². The van der Waals surface area contributed by atoms with Crippen molar-refractivity contribution in [3.63, 3.8) is 0 Å². The second-order valence-corrected chi connectivity index (χ2v) is 7.75. The number of carbonyl (C=O) groups is 2. The molecule has 0 spiro atoms. The van der Waals surface area contributed by atoms with Gasteiger partial charge in [0.15, 0.2) is 11.5 Å². The van der Waals surface area contributed by atoms with Gasteiger partial charge in [0, 0.05) is 10.0 Å². The molecule has 0 heterocycles. The van der Waals surface area contributed by atoms with Gasteiger partial charge in [-0.05, 0) is 48.7 Å². The Morgan fingerprint density at radius 2 is 1.79 bits per heavy atom. The van der Waals surface area contributed by atoms with Crippen molar-refractivity contribution in [2.45, 2.75) is 20.3 Å². The average Bonchev–Trinajstić information content (AvgIpc) is 2.67. The van der Waals surface area contributed by atoms with E-state index in [0.717, 1.165) is 6.42 Å². The van der Waals surface area contributed by atoms with E-state index in [1.54, 1.807) is 36.4 Å². The standard InChI is InChI=1S/C20H22BrClN2O4/c1-12(2)8-9-28-17-7-4-13(10-18(17)27-3)19(25)23-24-20(26)15-11-14(21)5-6-16(15)22/h4-7,10-12H,8-9H2,1-3H3,(H,23,25)(H,24,26). The maximum Gasteiger partial charge on any atom is 0.271 e. The molecule has 2 amide bonds. The second kappa shape index (κ2) is 10.3. The summed E-state index contributed by atoms with van der Waals surface area (Å²) in [4.78, 5) is 24.6. The molecule has 6 nitrogen and oxygen atoms in total. The molecule has 0 fully saturated rings. The fraction of sp³-hybridized carbons (Fsp3) is 0.300. The van der Waals surface area contributed by atoms with E-state index in [1.807, 2.05) is 0 Å². The molecule has 0 bridgehead atoms. The molecule has 150 valence electrons. The van der Waals surface area contributed by atoms with Crippen LogP contribution in [0.3, 0.4) is 0 Å². The highest BCUT2D eigenvalue weighted by Crippen LogP contribution is 2.28. The molecule has 2 aromatic carbocycles. The first-order valence-corrected chi connectivity index (χ1v) is 9.85. The highest BCUT2D eigenvalue weighted by atomic mass is 79.9. The van der Waals surface area contributed by atoms with Gasteiger partial charge in [-0.1, -0.05) is 41.4 Å². The van der Waals surface area contributed by atoms with Crippen molar-refractivity contribution in [2.24, 2.45) is 5.92 Å². The van der Waals surface area contributed by atoms with Crippen LogP contribution in [0.15, 0.2) is 40.9 Å². The van der Waals surface area contributed by atoms with Crippen LogP contribution in [0.5, 0.6) is 11.5 Å². The van der Waals surface area contributed by atoms with Crippen molar-refractivity contribution in [3.05, 3.63) is 57.0 Å². The van der Waals surface area contributed by atoms with Gasteiger partial charge in [-0.25, -0.2) is 0 Å². The Balaban J connectivity index is 2.01. The third kappa shape index (κ3) is 6.14. The number of amides is 2. The Labute approximate surface area is 177 Å². The zero-order chi connectivity index (χ0) is 20.7. The summed E-state index contributed by atoms with van der Waals surface area (Å²) < 4.78 is 11.7. The van der Waals surface area contributed by atoms with Gasteiger partial charge < -0.3 is 9.47 Å². The number of rotatable bonds is 7. The zero-order valence-electron chi connectivity index (χ0n) is 15.8. The number of halogens is 2. The largest absolute Gasteiger partial charge is 0.493 e. The molecule has 0 aliphatic heterocycles. The molecule has 0 saturated carbocycles. The molecule has 0 aromatic heterocycles. The highest BCUT2D eigenvalue weighted by molar-refractivity contribution is 9.10. The molecular formula is C20H22BrClN2O4. The average molecular weight is 470 g/mol. The normalized spacial score (nSPS) is 10.5. The van der Waals surface area contributed by atoms with Crippen molar-refractivity contribution in [1.29, 1.82) is 0 Å². The SMILES string of the molecule is COc1cc(C(=O)NNC(=O)c2cc(Br)ccc2Cl)ccc1OCCC(C)C. The first-order valence-electron chi connectivity index (χ1n) is 8.68. The van der Waals surface area contributed by atoms with E-state index >= 15 is 0 Å². The second-order valence-electron chi connectivity index (χ2n) is 6.43. The third-order valence-electron chi connectivity index (χ3n) is 3.84. The van der Waals surface area contributed by atoms with Crippen LogP contribution in [0.1, 0.15) is 41.0 Å². The number of methoxy groups -OCH3 is 1. The summed E-state index contributed by atoms with van der Waals surface area (Å²) in [6, 6.07) is 9.69. The van der Waals surface area contributed by atoms with Crippen LogP contribution in [0.25, 0.3) is 0 Å². The third-order valence-corrected chi connectivity index (χ3v) is 4.66. The quantitative estimate of drug-likeness (QED) is 0.581. The summed E-state index contributed by atoms with van der Waals surface area (Å²) >= 11 is 9.29. The fourth-order valence-corrected chi connectivity index (χ4v) is 2.82. The van der Waals surface area contributed by atoms with E-state index in [4.69, 9.17) is 21.1 Å². The van der Waals surface area contributed by atoms with Crippen molar-refractivity contribution in [1.82, 2.24) is 10.9 Å². The van der Waals surface area contributed by atoms with Crippen molar-refractivity contribution < 1.29 is 19.1 Å². The summed E-state index contributed by atoms with van der Waals surface area (Å²) in [5.41, 5.74) is 5.26. The van der Waals surface area contributed by atoms with Gasteiger partial charge >= 0.3 is 0 Å². The molecule has 0 radical (unpaired) electrons. The summed E-state index contributed by atoms with van der Waals surface area (Å²) in [5, 5.41) is 0.277. The van der Waals surface area contributed by atoms with Gasteiger partial charge in [0.1, 0.15) is 0 Å². The molecular weight excluding hydrogens is 448 g/mol. The predicted octanol–water partition coefficient (Wildman–Crippen LogP) is 4.61. The fourth-order valence-electron chi connectivity index (χ4n) is 2.26. The lowest BCUT2D eigenvalue weighted by Gasteiger charge is -2.13. The van der Waals surface area contributed by atoms with Crippen molar-refractivity contribution in [2.75, 3.05) is 13.7 Å². The summed E-state index contributed by atoms with van der Waals surface area (Å²) in [6.45, 7) is 4.79. The zero-order valence-corrected chi connectivity index (χ0v) is 18.2. The number of carbonyl (C=O) groups excluding carboxylic acids is 2. The highest BCUT2D eigenvalue weighted by Gasteiger charge is 2.15. The van der Waals surface area contributed by atoms with E-state index in [2.05, 4.69) is 40.6 Å². The van der Waals surface area contributed by atoms with Crippen LogP contribution in [0.2, 0.25) is 5.02 Å². The minimum atomic E-state index is -0.528. The first-order chi connectivity index (χ1) is 13.3. The Bertz CT molecular complexity index is 858. The van der Waals surface area contributed by atoms with Crippen LogP contribution in [0.4, 0.5) is 0 Å². The van der Waals surface area contributed by atoms with Gasteiger partial charge in [0.2, 0.25) is 0 Å². The molecule has 2 rings (SSSR count). The van der Waals surface area contributed by atoms with Gasteiger partial charge in [0.05, 0.1) is 24.3 Å². The summed E-state index contributed by atoms with van der Waals surface area (Å²) in [6.07, 6.45) is 0.912. The topological polar surface area (TPSA) is 76.7 Å². The lowest BCUT2D eigenvalue weighted by atomic mass is 10.1. The molecule has 8 heteroatoms. The Kier molecular flexibility index (Phi) is 8.14. The van der Waals surface area contributed by atoms with Crippen molar-refractivity contribution in [3.8, 4) is 11.5 Å². The van der Waals surface area contributed by atoms with Crippen LogP contribution >= 0.6 is 27.5 Å². The maximum atomic E-state index is 12.4. The molecule has 0 atom stereocenters. The number of nitrogens with one attached hydrogen (secondary N) is 2. The van der Waals surface area contributed by atoms with Gasteiger partial charge in [0.25, 0.3) is 11.8 Å². The van der Waals surface area contributed by atoms with E-state index in [1.165, 1.54) is 7.11 Å². The minimum absolute atomic E-state index is 0.239. The summed E-state index contributed by atoms with van der Waals surface area (Å²) in [5.74, 6) is 0.507. The molecule has 0 saturated heterocycles. The Morgan fingerprint density at radius 3 is 2.46 bits per heavy atom. The number of hydrogen-bond acceptors (Lipinski definition) is 4. The molecule has 0 unspecified atom stereocenters. The van der Waals surface area contributed by atoms with E-state index in [0.29, 0.717) is 34.1 Å². The monoisotopic (exact) mass is 468 g/mol. The van der Waals surface area contributed by atoms with E-state index in [9.17, 15) is 9.59 Å². The minimum Gasteiger partial charge on any atom is -0.493 e. The first kappa shape index (κ1) is 22.0. The number of benzene rings is 2. The van der Waals surface area contributed by atoms with Crippen molar-refractivity contribution >= 4 is 39.3 Å². The molecule has 28 heavy (non-hydrogen) atoms. The lowest BCUT2D eigenvalue weighted by Crippen LogP contribution is -2.41. The molecule has 2 N–H and O–H groups in total. The summed E-state index contributed by atoms with van der Waals surface area (Å²) in [7, 11) is 1.50. The number of hydrogen-bond donors (Lipinski definition) is 2. The molecule has 2 aromatic rings. The predicted molar refractivity (Wildman–Crippen MR) is 112 cm³/mol. The van der Waals surface area contributed by atoms with Crippen LogP contribution in [-0.4, -0.2) is 25.5 Å². The van der Waals surface area contributed by atoms with E-state index in [-0.39, 0.29) is 10.6 Å². The number of ether oxygens (including phenoxy) is 2.